The Morgan fingerprint density at radius 2 is 1.77 bits per heavy atom. The van der Waals surface area contributed by atoms with E-state index in [1.54, 1.807) is 0 Å². The van der Waals surface area contributed by atoms with Crippen LogP contribution in [0.25, 0.3) is 0 Å². The molecular formula is C19H22N2O. The van der Waals surface area contributed by atoms with E-state index in [1.165, 1.54) is 11.1 Å². The summed E-state index contributed by atoms with van der Waals surface area (Å²) in [6.45, 7) is 4.60. The first-order chi connectivity index (χ1) is 10.9. The number of hydrogen-bond donors (Lipinski definition) is 1. The standard InChI is InChI=1S/C19H22N2O/c1-3-7-16(8-4-1)11-21-12-18(17-9-5-2-6-10-17)19(13-21)14-22-15-20-19/h1-10,18,20H,11-15H2/t18-,19+/m1/s1. The molecule has 2 aliphatic rings. The second kappa shape index (κ2) is 5.84. The van der Waals surface area contributed by atoms with Crippen LogP contribution >= 0.6 is 0 Å². The predicted octanol–water partition coefficient (Wildman–Crippen LogP) is 2.60. The summed E-state index contributed by atoms with van der Waals surface area (Å²) in [4.78, 5) is 2.55. The summed E-state index contributed by atoms with van der Waals surface area (Å²) in [7, 11) is 0. The van der Waals surface area contributed by atoms with Gasteiger partial charge in [-0.2, -0.15) is 0 Å². The molecule has 2 atom stereocenters. The normalized spacial score (nSPS) is 28.5. The van der Waals surface area contributed by atoms with Crippen molar-refractivity contribution in [2.24, 2.45) is 0 Å². The molecule has 4 rings (SSSR count). The van der Waals surface area contributed by atoms with Crippen LogP contribution in [0.4, 0.5) is 0 Å². The molecule has 3 nitrogen and oxygen atoms in total. The topological polar surface area (TPSA) is 24.5 Å². The van der Waals surface area contributed by atoms with Crippen molar-refractivity contribution in [2.45, 2.75) is 18.0 Å². The average molecular weight is 294 g/mol. The van der Waals surface area contributed by atoms with Crippen molar-refractivity contribution in [3.05, 3.63) is 71.8 Å². The van der Waals surface area contributed by atoms with Crippen molar-refractivity contribution in [1.82, 2.24) is 10.2 Å². The van der Waals surface area contributed by atoms with Gasteiger partial charge in [-0.25, -0.2) is 0 Å². The minimum Gasteiger partial charge on any atom is -0.364 e. The Balaban J connectivity index is 1.58. The van der Waals surface area contributed by atoms with Gasteiger partial charge in [0.25, 0.3) is 0 Å². The second-order valence-electron chi connectivity index (χ2n) is 6.44. The van der Waals surface area contributed by atoms with Crippen LogP contribution in [0.2, 0.25) is 0 Å². The highest BCUT2D eigenvalue weighted by Crippen LogP contribution is 2.38. The van der Waals surface area contributed by atoms with Gasteiger partial charge in [0.05, 0.1) is 18.9 Å². The molecule has 0 saturated carbocycles. The first kappa shape index (κ1) is 13.9. The molecule has 2 fully saturated rings. The number of nitrogens with one attached hydrogen (secondary N) is 1. The molecule has 2 aromatic rings. The van der Waals surface area contributed by atoms with Crippen LogP contribution in [-0.4, -0.2) is 36.9 Å². The molecule has 1 N–H and O–H groups in total. The number of rotatable bonds is 3. The lowest BCUT2D eigenvalue weighted by Gasteiger charge is -2.29. The van der Waals surface area contributed by atoms with Crippen LogP contribution in [0, 0.1) is 0 Å². The number of nitrogens with zero attached hydrogens (tertiary/aromatic N) is 1. The lowest BCUT2D eigenvalue weighted by molar-refractivity contribution is 0.173. The van der Waals surface area contributed by atoms with Gasteiger partial charge in [0, 0.05) is 25.6 Å². The molecule has 1 spiro atoms. The SMILES string of the molecule is c1ccc(CN2C[C@H](c3ccccc3)[C@@]3(COCN3)C2)cc1. The smallest absolute Gasteiger partial charge is 0.0971 e. The van der Waals surface area contributed by atoms with Crippen LogP contribution in [-0.2, 0) is 11.3 Å². The Kier molecular flexibility index (Phi) is 3.70. The van der Waals surface area contributed by atoms with E-state index in [1.807, 2.05) is 0 Å². The van der Waals surface area contributed by atoms with Gasteiger partial charge in [-0.3, -0.25) is 10.2 Å². The Labute approximate surface area is 131 Å². The molecule has 0 aliphatic carbocycles. The maximum absolute atomic E-state index is 5.69. The highest BCUT2D eigenvalue weighted by Gasteiger charge is 2.49. The lowest BCUT2D eigenvalue weighted by Crippen LogP contribution is -2.48. The van der Waals surface area contributed by atoms with Crippen molar-refractivity contribution < 1.29 is 4.74 Å². The van der Waals surface area contributed by atoms with Gasteiger partial charge in [0.2, 0.25) is 0 Å². The van der Waals surface area contributed by atoms with Crippen molar-refractivity contribution in [1.29, 1.82) is 0 Å². The third-order valence-corrected chi connectivity index (χ3v) is 4.95. The van der Waals surface area contributed by atoms with Gasteiger partial charge < -0.3 is 4.74 Å². The van der Waals surface area contributed by atoms with E-state index >= 15 is 0 Å². The molecule has 0 aromatic heterocycles. The fraction of sp³-hybridized carbons (Fsp3) is 0.368. The summed E-state index contributed by atoms with van der Waals surface area (Å²) in [5, 5.41) is 3.63. The van der Waals surface area contributed by atoms with Gasteiger partial charge in [0.1, 0.15) is 0 Å². The zero-order valence-corrected chi connectivity index (χ0v) is 12.7. The van der Waals surface area contributed by atoms with Crippen molar-refractivity contribution in [2.75, 3.05) is 26.4 Å². The molecule has 3 heteroatoms. The molecule has 2 saturated heterocycles. The van der Waals surface area contributed by atoms with E-state index in [2.05, 4.69) is 70.9 Å². The summed E-state index contributed by atoms with van der Waals surface area (Å²) < 4.78 is 5.69. The molecule has 22 heavy (non-hydrogen) atoms. The van der Waals surface area contributed by atoms with Crippen LogP contribution in [0.3, 0.4) is 0 Å². The minimum absolute atomic E-state index is 0.0656. The van der Waals surface area contributed by atoms with Gasteiger partial charge in [-0.15, -0.1) is 0 Å². The quantitative estimate of drug-likeness (QED) is 0.942. The Hall–Kier alpha value is -1.68. The number of likely N-dealkylation sites (tertiary alicyclic amines) is 1. The van der Waals surface area contributed by atoms with Gasteiger partial charge in [-0.1, -0.05) is 60.7 Å². The van der Waals surface area contributed by atoms with E-state index in [0.29, 0.717) is 12.6 Å². The summed E-state index contributed by atoms with van der Waals surface area (Å²) in [5.74, 6) is 0.486. The Morgan fingerprint density at radius 3 is 2.45 bits per heavy atom. The largest absolute Gasteiger partial charge is 0.364 e. The highest BCUT2D eigenvalue weighted by atomic mass is 16.5. The van der Waals surface area contributed by atoms with E-state index in [4.69, 9.17) is 4.74 Å². The van der Waals surface area contributed by atoms with E-state index < -0.39 is 0 Å². The number of hydrogen-bond acceptors (Lipinski definition) is 3. The number of benzene rings is 2. The van der Waals surface area contributed by atoms with Crippen molar-refractivity contribution in [3.8, 4) is 0 Å². The molecule has 114 valence electrons. The first-order valence-electron chi connectivity index (χ1n) is 8.00. The zero-order valence-electron chi connectivity index (χ0n) is 12.7. The summed E-state index contributed by atoms with van der Waals surface area (Å²) in [6.07, 6.45) is 0. The number of ether oxygens (including phenoxy) is 1. The molecule has 0 radical (unpaired) electrons. The third-order valence-electron chi connectivity index (χ3n) is 4.95. The molecular weight excluding hydrogens is 272 g/mol. The van der Waals surface area contributed by atoms with Gasteiger partial charge in [0.15, 0.2) is 0 Å². The van der Waals surface area contributed by atoms with Crippen LogP contribution in [0.15, 0.2) is 60.7 Å². The Bertz CT molecular complexity index is 608. The molecule has 0 unspecified atom stereocenters. The first-order valence-corrected chi connectivity index (χ1v) is 8.00. The maximum Gasteiger partial charge on any atom is 0.0971 e. The van der Waals surface area contributed by atoms with E-state index in [9.17, 15) is 0 Å². The fourth-order valence-corrected chi connectivity index (χ4v) is 3.88. The van der Waals surface area contributed by atoms with Crippen LogP contribution in [0.5, 0.6) is 0 Å². The zero-order chi connectivity index (χ0) is 14.8. The molecule has 0 bridgehead atoms. The third kappa shape index (κ3) is 2.56. The fourth-order valence-electron chi connectivity index (χ4n) is 3.88. The van der Waals surface area contributed by atoms with E-state index in [0.717, 1.165) is 26.2 Å². The van der Waals surface area contributed by atoms with Crippen LogP contribution < -0.4 is 5.32 Å². The van der Waals surface area contributed by atoms with Crippen LogP contribution in [0.1, 0.15) is 17.0 Å². The van der Waals surface area contributed by atoms with Gasteiger partial charge >= 0.3 is 0 Å². The monoisotopic (exact) mass is 294 g/mol. The Morgan fingerprint density at radius 1 is 1.05 bits per heavy atom. The second-order valence-corrected chi connectivity index (χ2v) is 6.44. The summed E-state index contributed by atoms with van der Waals surface area (Å²) in [5.41, 5.74) is 2.86. The molecule has 2 heterocycles. The van der Waals surface area contributed by atoms with E-state index in [-0.39, 0.29) is 5.54 Å². The average Bonchev–Trinajstić information content (AvgIpc) is 3.17. The van der Waals surface area contributed by atoms with Gasteiger partial charge in [-0.05, 0) is 11.1 Å². The lowest BCUT2D eigenvalue weighted by atomic mass is 9.83. The predicted molar refractivity (Wildman–Crippen MR) is 87.6 cm³/mol. The molecule has 2 aromatic carbocycles. The van der Waals surface area contributed by atoms with Crippen molar-refractivity contribution in [3.63, 3.8) is 0 Å². The molecule has 0 amide bonds. The maximum atomic E-state index is 5.69. The minimum atomic E-state index is 0.0656. The highest BCUT2D eigenvalue weighted by molar-refractivity contribution is 5.28. The van der Waals surface area contributed by atoms with Crippen molar-refractivity contribution >= 4 is 0 Å². The summed E-state index contributed by atoms with van der Waals surface area (Å²) in [6, 6.07) is 21.6. The molecule has 2 aliphatic heterocycles. The summed E-state index contributed by atoms with van der Waals surface area (Å²) >= 11 is 0.